The summed E-state index contributed by atoms with van der Waals surface area (Å²) >= 11 is 6.51. The van der Waals surface area contributed by atoms with Gasteiger partial charge < -0.3 is 29.2 Å². The molecule has 3 heterocycles. The number of carbonyl (C=O) groups is 1. The Bertz CT molecular complexity index is 1630. The minimum Gasteiger partial charge on any atom is -0.458 e. The molecule has 1 amide bonds. The zero-order chi connectivity index (χ0) is 31.0. The van der Waals surface area contributed by atoms with Gasteiger partial charge in [-0.15, -0.1) is 0 Å². The van der Waals surface area contributed by atoms with Gasteiger partial charge >= 0.3 is 6.01 Å². The average Bonchev–Trinajstić information content (AvgIpc) is 3.50. The van der Waals surface area contributed by atoms with Crippen molar-refractivity contribution in [2.24, 2.45) is 0 Å². The zero-order valence-electron chi connectivity index (χ0n) is 25.2. The summed E-state index contributed by atoms with van der Waals surface area (Å²) in [5, 5.41) is 1.68. The Morgan fingerprint density at radius 1 is 1.20 bits per heavy atom. The molecule has 6 rings (SSSR count). The molecule has 0 unspecified atom stereocenters. The highest BCUT2D eigenvalue weighted by Gasteiger charge is 2.36. The molecule has 3 atom stereocenters. The van der Waals surface area contributed by atoms with Crippen molar-refractivity contribution in [1.29, 1.82) is 0 Å². The number of fused-ring (bicyclic) bond motifs is 2. The number of halogens is 2. The second-order valence-electron chi connectivity index (χ2n) is 12.0. The number of rotatable bonds is 7. The van der Waals surface area contributed by atoms with E-state index >= 15 is 0 Å². The molecule has 3 aliphatic rings. The van der Waals surface area contributed by atoms with Crippen LogP contribution in [0.2, 0.25) is 5.02 Å². The number of aromatic nitrogens is 2. The molecule has 0 spiro atoms. The van der Waals surface area contributed by atoms with E-state index in [1.165, 1.54) is 12.1 Å². The van der Waals surface area contributed by atoms with Crippen LogP contribution in [-0.2, 0) is 17.8 Å². The maximum atomic E-state index is 14.6. The smallest absolute Gasteiger partial charge is 0.319 e. The third kappa shape index (κ3) is 5.66. The van der Waals surface area contributed by atoms with Crippen molar-refractivity contribution < 1.29 is 13.9 Å². The number of amides is 1. The predicted molar refractivity (Wildman–Crippen MR) is 171 cm³/mol. The number of anilines is 2. The molecule has 1 saturated carbocycles. The van der Waals surface area contributed by atoms with Gasteiger partial charge in [-0.05, 0) is 63.4 Å². The number of piperazine rings is 1. The Morgan fingerprint density at radius 3 is 2.82 bits per heavy atom. The van der Waals surface area contributed by atoms with Crippen LogP contribution in [0.1, 0.15) is 30.5 Å². The number of hydrogen-bond acceptors (Lipinski definition) is 7. The molecule has 3 aromatic rings. The first-order chi connectivity index (χ1) is 21.3. The fourth-order valence-corrected chi connectivity index (χ4v) is 7.22. The van der Waals surface area contributed by atoms with E-state index < -0.39 is 5.82 Å². The Labute approximate surface area is 262 Å². The zero-order valence-corrected chi connectivity index (χ0v) is 25.9. The van der Waals surface area contributed by atoms with Crippen molar-refractivity contribution in [2.75, 3.05) is 56.6 Å². The van der Waals surface area contributed by atoms with E-state index in [4.69, 9.17) is 32.9 Å². The van der Waals surface area contributed by atoms with Gasteiger partial charge in [-0.2, -0.15) is 9.97 Å². The maximum absolute atomic E-state index is 14.6. The number of carbonyl (C=O) groups excluding carboxylic acids is 1. The maximum Gasteiger partial charge on any atom is 0.319 e. The number of ether oxygens (including phenoxy) is 1. The highest BCUT2D eigenvalue weighted by molar-refractivity contribution is 6.36. The minimum atomic E-state index is -0.445. The summed E-state index contributed by atoms with van der Waals surface area (Å²) in [4.78, 5) is 34.5. The summed E-state index contributed by atoms with van der Waals surface area (Å²) in [7, 11) is 4.14. The summed E-state index contributed by atoms with van der Waals surface area (Å²) in [6.45, 7) is 14.0. The van der Waals surface area contributed by atoms with E-state index in [0.717, 1.165) is 47.4 Å². The first-order valence-corrected chi connectivity index (χ1v) is 15.5. The molecular formula is C33H37ClFN7O2. The van der Waals surface area contributed by atoms with Gasteiger partial charge in [0.15, 0.2) is 0 Å². The number of benzene rings is 2. The molecule has 2 aromatic carbocycles. The molecule has 9 nitrogen and oxygen atoms in total. The van der Waals surface area contributed by atoms with E-state index in [9.17, 15) is 9.18 Å². The molecule has 230 valence electrons. The van der Waals surface area contributed by atoms with E-state index in [1.54, 1.807) is 11.0 Å². The predicted octanol–water partition coefficient (Wildman–Crippen LogP) is 4.97. The molecule has 2 aliphatic heterocycles. The lowest BCUT2D eigenvalue weighted by Crippen LogP contribution is -2.56. The molecule has 1 aromatic heterocycles. The second kappa shape index (κ2) is 12.6. The summed E-state index contributed by atoms with van der Waals surface area (Å²) in [5.74, 6) is 0.190. The van der Waals surface area contributed by atoms with Crippen LogP contribution in [0.15, 0.2) is 43.0 Å². The third-order valence-electron chi connectivity index (χ3n) is 9.16. The molecule has 44 heavy (non-hydrogen) atoms. The largest absolute Gasteiger partial charge is 0.458 e. The van der Waals surface area contributed by atoms with E-state index in [-0.39, 0.29) is 35.7 Å². The van der Waals surface area contributed by atoms with Gasteiger partial charge in [-0.25, -0.2) is 11.0 Å². The fourth-order valence-electron chi connectivity index (χ4n) is 6.95. The lowest BCUT2D eigenvalue weighted by molar-refractivity contribution is -0.128. The Kier molecular flexibility index (Phi) is 8.61. The van der Waals surface area contributed by atoms with Crippen LogP contribution in [0.25, 0.3) is 15.6 Å². The van der Waals surface area contributed by atoms with Gasteiger partial charge in [0, 0.05) is 48.9 Å². The van der Waals surface area contributed by atoms with Gasteiger partial charge in [0.25, 0.3) is 0 Å². The van der Waals surface area contributed by atoms with Gasteiger partial charge in [-0.3, -0.25) is 4.79 Å². The number of likely N-dealkylation sites (N-methyl/N-ethyl adjacent to an activating group) is 1. The molecule has 0 radical (unpaired) electrons. The normalized spacial score (nSPS) is 21.8. The quantitative estimate of drug-likeness (QED) is 0.274. The van der Waals surface area contributed by atoms with Gasteiger partial charge in [-0.1, -0.05) is 36.4 Å². The summed E-state index contributed by atoms with van der Waals surface area (Å²) < 4.78 is 21.1. The minimum absolute atomic E-state index is 0.0210. The van der Waals surface area contributed by atoms with E-state index in [2.05, 4.69) is 40.2 Å². The molecule has 11 heteroatoms. The van der Waals surface area contributed by atoms with Crippen LogP contribution in [0.5, 0.6) is 6.01 Å². The monoisotopic (exact) mass is 617 g/mol. The molecular weight excluding hydrogens is 581 g/mol. The first-order valence-electron chi connectivity index (χ1n) is 15.1. The van der Waals surface area contributed by atoms with Crippen molar-refractivity contribution in [3.8, 4) is 6.01 Å². The van der Waals surface area contributed by atoms with Crippen LogP contribution < -0.4 is 14.5 Å². The van der Waals surface area contributed by atoms with Crippen molar-refractivity contribution in [2.45, 2.75) is 50.4 Å². The lowest BCUT2D eigenvalue weighted by Gasteiger charge is -2.41. The second-order valence-corrected chi connectivity index (χ2v) is 12.3. The molecule has 1 aliphatic carbocycles. The van der Waals surface area contributed by atoms with Crippen LogP contribution in [0, 0.1) is 12.4 Å². The highest BCUT2D eigenvalue weighted by Crippen LogP contribution is 2.38. The Balaban J connectivity index is 1.38. The lowest BCUT2D eigenvalue weighted by atomic mass is 10.0. The summed E-state index contributed by atoms with van der Waals surface area (Å²) in [5.41, 5.74) is 2.75. The van der Waals surface area contributed by atoms with Crippen LogP contribution in [0.4, 0.5) is 15.9 Å². The highest BCUT2D eigenvalue weighted by atomic mass is 35.5. The molecule has 0 N–H and O–H groups in total. The van der Waals surface area contributed by atoms with Gasteiger partial charge in [0.1, 0.15) is 23.8 Å². The Hall–Kier alpha value is -3.94. The number of hydrogen-bond donors (Lipinski definition) is 0. The number of nitrogens with zero attached hydrogens (tertiary/aromatic N) is 7. The van der Waals surface area contributed by atoms with Crippen molar-refractivity contribution in [3.05, 3.63) is 76.5 Å². The molecule has 2 fully saturated rings. The van der Waals surface area contributed by atoms with E-state index in [0.29, 0.717) is 50.5 Å². The third-order valence-corrected chi connectivity index (χ3v) is 9.53. The van der Waals surface area contributed by atoms with Crippen molar-refractivity contribution in [1.82, 2.24) is 19.8 Å². The first kappa shape index (κ1) is 30.1. The summed E-state index contributed by atoms with van der Waals surface area (Å²) in [6, 6.07) is 9.37. The molecule has 0 bridgehead atoms. The van der Waals surface area contributed by atoms with Crippen molar-refractivity contribution in [3.63, 3.8) is 0 Å². The van der Waals surface area contributed by atoms with Crippen LogP contribution in [-0.4, -0.2) is 90.7 Å². The standard InChI is InChI=1S/C33H37ClFN7O2/c1-5-29(43)42-17-16-41(19-22(42)18-36-2)32-23-14-15-40(27-10-6-8-21-12-13-24(35)31(34)30(21)27)20-25(23)37-33(38-32)44-28-11-7-9-26(28)39(3)4/h5-6,8,10,12-13,22,26,28H,1,7,9,11,14-20H2,3-4H3/t22-,26+,28+/m0/s1. The summed E-state index contributed by atoms with van der Waals surface area (Å²) in [6.07, 6.45) is 5.02. The average molecular weight is 618 g/mol. The van der Waals surface area contributed by atoms with Crippen LogP contribution >= 0.6 is 11.6 Å². The van der Waals surface area contributed by atoms with E-state index in [1.807, 2.05) is 18.2 Å². The van der Waals surface area contributed by atoms with Crippen molar-refractivity contribution >= 4 is 39.8 Å². The fraction of sp³-hybridized carbons (Fsp3) is 0.455. The van der Waals surface area contributed by atoms with Gasteiger partial charge in [0.2, 0.25) is 12.5 Å². The Morgan fingerprint density at radius 2 is 2.05 bits per heavy atom. The molecule has 1 saturated heterocycles. The van der Waals surface area contributed by atoms with Crippen LogP contribution in [0.3, 0.4) is 0 Å². The SMILES string of the molecule is [C-]#[N+]C[C@H]1CN(c2nc(O[C@@H]3CCC[C@H]3N(C)C)nc3c2CCN(c2cccc4ccc(F)c(Cl)c24)C3)CCN1C(=O)C=C. The van der Waals surface area contributed by atoms with Gasteiger partial charge in [0.05, 0.1) is 17.3 Å². The topological polar surface area (TPSA) is 69.4 Å².